The Bertz CT molecular complexity index is 1110. The van der Waals surface area contributed by atoms with E-state index in [1.54, 1.807) is 6.92 Å². The standard InChI is InChI=1S/C30H33NO6/c1-21-29(32)31-26-28(35-19-24-15-9-4-10-16-24)27(34-18-23-13-7-3-8-14-23)25(37-30(26)36-21)20-33-17-22-11-5-2-6-12-22/h2-16,21,25-28,30H,17-20H2,1H3,(H,31,32)/t21-,25-,26-,27-,28-,30+/m1/s1. The van der Waals surface area contributed by atoms with Crippen molar-refractivity contribution in [3.05, 3.63) is 108 Å². The monoisotopic (exact) mass is 503 g/mol. The molecule has 2 saturated heterocycles. The van der Waals surface area contributed by atoms with Gasteiger partial charge in [-0.3, -0.25) is 4.79 Å². The van der Waals surface area contributed by atoms with Crippen LogP contribution in [0.2, 0.25) is 0 Å². The molecule has 0 saturated carbocycles. The van der Waals surface area contributed by atoms with Crippen LogP contribution in [-0.4, -0.2) is 49.3 Å². The molecule has 6 atom stereocenters. The topological polar surface area (TPSA) is 75.2 Å². The molecule has 0 radical (unpaired) electrons. The van der Waals surface area contributed by atoms with E-state index in [4.69, 9.17) is 23.7 Å². The second kappa shape index (κ2) is 12.4. The van der Waals surface area contributed by atoms with E-state index in [2.05, 4.69) is 5.32 Å². The Morgan fingerprint density at radius 2 is 1.22 bits per heavy atom. The van der Waals surface area contributed by atoms with Gasteiger partial charge in [0.2, 0.25) is 5.91 Å². The summed E-state index contributed by atoms with van der Waals surface area (Å²) in [6.07, 6.45) is -2.77. The van der Waals surface area contributed by atoms with Crippen molar-refractivity contribution in [3.8, 4) is 0 Å². The smallest absolute Gasteiger partial charge is 0.249 e. The van der Waals surface area contributed by atoms with Gasteiger partial charge in [0.05, 0.1) is 26.4 Å². The Morgan fingerprint density at radius 1 is 0.703 bits per heavy atom. The number of amides is 1. The lowest BCUT2D eigenvalue weighted by Crippen LogP contribution is -2.70. The van der Waals surface area contributed by atoms with Gasteiger partial charge in [-0.15, -0.1) is 0 Å². The van der Waals surface area contributed by atoms with E-state index >= 15 is 0 Å². The van der Waals surface area contributed by atoms with E-state index in [9.17, 15) is 4.79 Å². The number of ether oxygens (including phenoxy) is 5. The summed E-state index contributed by atoms with van der Waals surface area (Å²) in [6, 6.07) is 29.4. The number of hydrogen-bond donors (Lipinski definition) is 1. The summed E-state index contributed by atoms with van der Waals surface area (Å²) < 4.78 is 31.3. The number of benzene rings is 3. The van der Waals surface area contributed by atoms with Crippen molar-refractivity contribution in [1.29, 1.82) is 0 Å². The fourth-order valence-corrected chi connectivity index (χ4v) is 4.65. The molecule has 1 amide bonds. The average Bonchev–Trinajstić information content (AvgIpc) is 2.93. The summed E-state index contributed by atoms with van der Waals surface area (Å²) in [7, 11) is 0. The first-order valence-electron chi connectivity index (χ1n) is 12.7. The van der Waals surface area contributed by atoms with Crippen LogP contribution >= 0.6 is 0 Å². The molecule has 0 unspecified atom stereocenters. The van der Waals surface area contributed by atoms with E-state index in [-0.39, 0.29) is 12.5 Å². The Labute approximate surface area is 217 Å². The zero-order valence-corrected chi connectivity index (χ0v) is 20.9. The minimum atomic E-state index is -0.671. The Balaban J connectivity index is 1.36. The van der Waals surface area contributed by atoms with Crippen LogP contribution in [0, 0.1) is 0 Å². The molecule has 194 valence electrons. The Hall–Kier alpha value is -3.07. The maximum absolute atomic E-state index is 12.6. The summed E-state index contributed by atoms with van der Waals surface area (Å²) >= 11 is 0. The van der Waals surface area contributed by atoms with Gasteiger partial charge in [0.25, 0.3) is 0 Å². The summed E-state index contributed by atoms with van der Waals surface area (Å²) in [6.45, 7) is 3.19. The largest absolute Gasteiger partial charge is 0.374 e. The van der Waals surface area contributed by atoms with Crippen LogP contribution in [0.25, 0.3) is 0 Å². The predicted molar refractivity (Wildman–Crippen MR) is 137 cm³/mol. The maximum atomic E-state index is 12.6. The molecule has 3 aromatic rings. The molecule has 1 N–H and O–H groups in total. The lowest BCUT2D eigenvalue weighted by Gasteiger charge is -2.48. The van der Waals surface area contributed by atoms with E-state index in [1.165, 1.54) is 0 Å². The van der Waals surface area contributed by atoms with Crippen molar-refractivity contribution < 1.29 is 28.5 Å². The first-order valence-corrected chi connectivity index (χ1v) is 12.7. The molecule has 0 spiro atoms. The highest BCUT2D eigenvalue weighted by Gasteiger charge is 2.51. The molecule has 7 nitrogen and oxygen atoms in total. The Morgan fingerprint density at radius 3 is 1.78 bits per heavy atom. The van der Waals surface area contributed by atoms with Gasteiger partial charge in [-0.2, -0.15) is 0 Å². The van der Waals surface area contributed by atoms with Gasteiger partial charge in [-0.1, -0.05) is 91.0 Å². The molecule has 2 heterocycles. The fourth-order valence-electron chi connectivity index (χ4n) is 4.65. The second-order valence-electron chi connectivity index (χ2n) is 9.38. The van der Waals surface area contributed by atoms with Gasteiger partial charge in [0.1, 0.15) is 30.5 Å². The van der Waals surface area contributed by atoms with Gasteiger partial charge in [0.15, 0.2) is 6.29 Å². The summed E-state index contributed by atoms with van der Waals surface area (Å²) in [5, 5.41) is 3.05. The lowest BCUT2D eigenvalue weighted by atomic mass is 9.94. The molecule has 7 heteroatoms. The van der Waals surface area contributed by atoms with Gasteiger partial charge >= 0.3 is 0 Å². The van der Waals surface area contributed by atoms with E-state index < -0.39 is 36.7 Å². The van der Waals surface area contributed by atoms with Crippen LogP contribution in [0.1, 0.15) is 23.6 Å². The van der Waals surface area contributed by atoms with Gasteiger partial charge in [-0.25, -0.2) is 0 Å². The maximum Gasteiger partial charge on any atom is 0.249 e. The first kappa shape index (κ1) is 25.6. The molecule has 37 heavy (non-hydrogen) atoms. The van der Waals surface area contributed by atoms with Crippen LogP contribution < -0.4 is 5.32 Å². The quantitative estimate of drug-likeness (QED) is 0.451. The van der Waals surface area contributed by atoms with Gasteiger partial charge in [0, 0.05) is 0 Å². The number of hydrogen-bond acceptors (Lipinski definition) is 6. The highest BCUT2D eigenvalue weighted by Crippen LogP contribution is 2.31. The highest BCUT2D eigenvalue weighted by molar-refractivity contribution is 5.81. The van der Waals surface area contributed by atoms with Crippen LogP contribution in [-0.2, 0) is 48.3 Å². The fraction of sp³-hybridized carbons (Fsp3) is 0.367. The summed E-state index contributed by atoms with van der Waals surface area (Å²) in [5.41, 5.74) is 3.14. The van der Waals surface area contributed by atoms with Crippen molar-refractivity contribution in [2.45, 2.75) is 63.5 Å². The summed E-state index contributed by atoms with van der Waals surface area (Å²) in [4.78, 5) is 12.6. The van der Waals surface area contributed by atoms with Gasteiger partial charge < -0.3 is 29.0 Å². The molecule has 2 aliphatic rings. The third-order valence-corrected chi connectivity index (χ3v) is 6.63. The first-order chi connectivity index (χ1) is 18.2. The van der Waals surface area contributed by atoms with Gasteiger partial charge in [-0.05, 0) is 23.6 Å². The molecule has 2 aliphatic heterocycles. The second-order valence-corrected chi connectivity index (χ2v) is 9.38. The zero-order valence-electron chi connectivity index (χ0n) is 20.9. The molecule has 3 aromatic carbocycles. The SMILES string of the molecule is C[C@H]1O[C@H]2O[C@H](COCc3ccccc3)[C@@H](OCc3ccccc3)[C@H](OCc3ccccc3)[C@H]2NC1=O. The molecule has 0 aromatic heterocycles. The van der Waals surface area contributed by atoms with Crippen molar-refractivity contribution in [3.63, 3.8) is 0 Å². The van der Waals surface area contributed by atoms with Crippen molar-refractivity contribution in [2.24, 2.45) is 0 Å². The lowest BCUT2D eigenvalue weighted by molar-refractivity contribution is -0.305. The number of rotatable bonds is 10. The normalized spacial score (nSPS) is 27.3. The molecule has 2 fully saturated rings. The minimum absolute atomic E-state index is 0.196. The van der Waals surface area contributed by atoms with E-state index in [0.29, 0.717) is 19.8 Å². The molecule has 5 rings (SSSR count). The number of nitrogens with one attached hydrogen (secondary N) is 1. The van der Waals surface area contributed by atoms with Crippen LogP contribution in [0.3, 0.4) is 0 Å². The number of carbonyl (C=O) groups is 1. The zero-order chi connectivity index (χ0) is 25.5. The third kappa shape index (κ3) is 6.63. The minimum Gasteiger partial charge on any atom is -0.374 e. The van der Waals surface area contributed by atoms with E-state index in [1.807, 2.05) is 91.0 Å². The highest BCUT2D eigenvalue weighted by atomic mass is 16.7. The molecule has 0 aliphatic carbocycles. The van der Waals surface area contributed by atoms with Crippen molar-refractivity contribution in [1.82, 2.24) is 5.32 Å². The number of morpholine rings is 1. The third-order valence-electron chi connectivity index (χ3n) is 6.63. The van der Waals surface area contributed by atoms with Crippen LogP contribution in [0.15, 0.2) is 91.0 Å². The van der Waals surface area contributed by atoms with E-state index in [0.717, 1.165) is 16.7 Å². The number of fused-ring (bicyclic) bond motifs is 1. The molecule has 0 bridgehead atoms. The average molecular weight is 504 g/mol. The molecular weight excluding hydrogens is 470 g/mol. The van der Waals surface area contributed by atoms with Crippen LogP contribution in [0.4, 0.5) is 0 Å². The van der Waals surface area contributed by atoms with Crippen molar-refractivity contribution in [2.75, 3.05) is 6.61 Å². The Kier molecular flexibility index (Phi) is 8.61. The summed E-state index contributed by atoms with van der Waals surface area (Å²) in [5.74, 6) is -0.196. The predicted octanol–water partition coefficient (Wildman–Crippen LogP) is 4.00. The van der Waals surface area contributed by atoms with Crippen LogP contribution in [0.5, 0.6) is 0 Å². The number of carbonyl (C=O) groups excluding carboxylic acids is 1. The molecular formula is C30H33NO6. The van der Waals surface area contributed by atoms with Crippen molar-refractivity contribution >= 4 is 5.91 Å².